The Morgan fingerprint density at radius 2 is 1.73 bits per heavy atom. The van der Waals surface area contributed by atoms with Crippen LogP contribution in [0.3, 0.4) is 0 Å². The van der Waals surface area contributed by atoms with Crippen molar-refractivity contribution in [2.75, 3.05) is 6.54 Å². The zero-order valence-electron chi connectivity index (χ0n) is 8.78. The summed E-state index contributed by atoms with van der Waals surface area (Å²) >= 11 is 0. The summed E-state index contributed by atoms with van der Waals surface area (Å²) in [7, 11) is 0. The molecule has 0 saturated carbocycles. The molecule has 1 unspecified atom stereocenters. The van der Waals surface area contributed by atoms with Crippen LogP contribution in [0.4, 0.5) is 13.2 Å². The van der Waals surface area contributed by atoms with Gasteiger partial charge in [0.1, 0.15) is 5.82 Å². The SMILES string of the molecule is CCCNC(C)c1cc(F)c(F)cc1F. The summed E-state index contributed by atoms with van der Waals surface area (Å²) in [5.41, 5.74) is 0.155. The molecule has 1 aromatic rings. The van der Waals surface area contributed by atoms with Crippen LogP contribution in [-0.4, -0.2) is 6.54 Å². The first-order valence-electron chi connectivity index (χ1n) is 4.94. The van der Waals surface area contributed by atoms with Crippen molar-refractivity contribution >= 4 is 0 Å². The van der Waals surface area contributed by atoms with Crippen LogP contribution in [-0.2, 0) is 0 Å². The Morgan fingerprint density at radius 1 is 1.13 bits per heavy atom. The van der Waals surface area contributed by atoms with Gasteiger partial charge < -0.3 is 5.32 Å². The van der Waals surface area contributed by atoms with Gasteiger partial charge in [-0.05, 0) is 26.0 Å². The zero-order valence-corrected chi connectivity index (χ0v) is 8.78. The van der Waals surface area contributed by atoms with E-state index < -0.39 is 17.5 Å². The van der Waals surface area contributed by atoms with E-state index in [4.69, 9.17) is 0 Å². The normalized spacial score (nSPS) is 12.9. The van der Waals surface area contributed by atoms with E-state index in [-0.39, 0.29) is 11.6 Å². The minimum absolute atomic E-state index is 0.155. The van der Waals surface area contributed by atoms with Crippen LogP contribution in [0.5, 0.6) is 0 Å². The van der Waals surface area contributed by atoms with Gasteiger partial charge >= 0.3 is 0 Å². The maximum atomic E-state index is 13.3. The van der Waals surface area contributed by atoms with Crippen molar-refractivity contribution < 1.29 is 13.2 Å². The highest BCUT2D eigenvalue weighted by Crippen LogP contribution is 2.19. The van der Waals surface area contributed by atoms with Crippen molar-refractivity contribution in [1.29, 1.82) is 0 Å². The van der Waals surface area contributed by atoms with Crippen LogP contribution in [0.25, 0.3) is 0 Å². The Labute approximate surface area is 87.3 Å². The molecule has 0 aromatic heterocycles. The van der Waals surface area contributed by atoms with Crippen LogP contribution in [0, 0.1) is 17.5 Å². The smallest absolute Gasteiger partial charge is 0.161 e. The molecule has 4 heteroatoms. The molecular formula is C11H14F3N. The maximum absolute atomic E-state index is 13.3. The maximum Gasteiger partial charge on any atom is 0.161 e. The molecule has 15 heavy (non-hydrogen) atoms. The van der Waals surface area contributed by atoms with Gasteiger partial charge in [-0.25, -0.2) is 13.2 Å². The molecule has 1 aromatic carbocycles. The van der Waals surface area contributed by atoms with Crippen molar-refractivity contribution in [2.45, 2.75) is 26.3 Å². The molecule has 0 spiro atoms. The molecule has 0 aliphatic heterocycles. The van der Waals surface area contributed by atoms with Gasteiger partial charge in [-0.2, -0.15) is 0 Å². The summed E-state index contributed by atoms with van der Waals surface area (Å²) in [6.45, 7) is 4.40. The highest BCUT2D eigenvalue weighted by atomic mass is 19.2. The fourth-order valence-corrected chi connectivity index (χ4v) is 1.34. The van der Waals surface area contributed by atoms with Gasteiger partial charge in [0.2, 0.25) is 0 Å². The summed E-state index contributed by atoms with van der Waals surface area (Å²) in [6.07, 6.45) is 0.898. The van der Waals surface area contributed by atoms with Crippen molar-refractivity contribution in [1.82, 2.24) is 5.32 Å². The summed E-state index contributed by atoms with van der Waals surface area (Å²) in [4.78, 5) is 0. The number of nitrogens with one attached hydrogen (secondary N) is 1. The minimum Gasteiger partial charge on any atom is -0.310 e. The van der Waals surface area contributed by atoms with Gasteiger partial charge in [0.05, 0.1) is 0 Å². The second kappa shape index (κ2) is 5.16. The molecular weight excluding hydrogens is 203 g/mol. The molecule has 0 amide bonds. The van der Waals surface area contributed by atoms with Gasteiger partial charge in [-0.3, -0.25) is 0 Å². The quantitative estimate of drug-likeness (QED) is 0.764. The number of rotatable bonds is 4. The predicted octanol–water partition coefficient (Wildman–Crippen LogP) is 3.16. The second-order valence-corrected chi connectivity index (χ2v) is 3.46. The summed E-state index contributed by atoms with van der Waals surface area (Å²) in [5, 5.41) is 3.01. The summed E-state index contributed by atoms with van der Waals surface area (Å²) in [5.74, 6) is -2.89. The van der Waals surface area contributed by atoms with E-state index in [9.17, 15) is 13.2 Å². The third-order valence-corrected chi connectivity index (χ3v) is 2.21. The first-order chi connectivity index (χ1) is 7.06. The molecule has 1 N–H and O–H groups in total. The average molecular weight is 217 g/mol. The number of hydrogen-bond donors (Lipinski definition) is 1. The van der Waals surface area contributed by atoms with Crippen LogP contribution < -0.4 is 5.32 Å². The fraction of sp³-hybridized carbons (Fsp3) is 0.455. The average Bonchev–Trinajstić information content (AvgIpc) is 2.20. The summed E-state index contributed by atoms with van der Waals surface area (Å²) in [6, 6.07) is 1.16. The number of hydrogen-bond acceptors (Lipinski definition) is 1. The molecule has 1 nitrogen and oxygen atoms in total. The largest absolute Gasteiger partial charge is 0.310 e. The lowest BCUT2D eigenvalue weighted by Gasteiger charge is -2.14. The first kappa shape index (κ1) is 12.0. The molecule has 0 radical (unpaired) electrons. The highest BCUT2D eigenvalue weighted by molar-refractivity contribution is 5.22. The van der Waals surface area contributed by atoms with Crippen LogP contribution in [0.2, 0.25) is 0 Å². The molecule has 0 heterocycles. The van der Waals surface area contributed by atoms with Gasteiger partial charge in [0.25, 0.3) is 0 Å². The predicted molar refractivity (Wildman–Crippen MR) is 53.0 cm³/mol. The van der Waals surface area contributed by atoms with Crippen molar-refractivity contribution in [3.05, 3.63) is 35.1 Å². The van der Waals surface area contributed by atoms with E-state index in [2.05, 4.69) is 5.32 Å². The second-order valence-electron chi connectivity index (χ2n) is 3.46. The van der Waals surface area contributed by atoms with Gasteiger partial charge in [-0.1, -0.05) is 6.92 Å². The van der Waals surface area contributed by atoms with E-state index in [0.29, 0.717) is 12.6 Å². The van der Waals surface area contributed by atoms with Crippen LogP contribution in [0.15, 0.2) is 12.1 Å². The van der Waals surface area contributed by atoms with Gasteiger partial charge in [-0.15, -0.1) is 0 Å². The Morgan fingerprint density at radius 3 is 2.33 bits per heavy atom. The standard InChI is InChI=1S/C11H14F3N/c1-3-4-15-7(2)8-5-10(13)11(14)6-9(8)12/h5-7,15H,3-4H2,1-2H3. The lowest BCUT2D eigenvalue weighted by atomic mass is 10.1. The fourth-order valence-electron chi connectivity index (χ4n) is 1.34. The van der Waals surface area contributed by atoms with Gasteiger partial charge in [0.15, 0.2) is 11.6 Å². The van der Waals surface area contributed by atoms with Crippen molar-refractivity contribution in [2.24, 2.45) is 0 Å². The zero-order chi connectivity index (χ0) is 11.4. The molecule has 0 saturated heterocycles. The van der Waals surface area contributed by atoms with Crippen LogP contribution in [0.1, 0.15) is 31.9 Å². The monoisotopic (exact) mass is 217 g/mol. The van der Waals surface area contributed by atoms with Crippen molar-refractivity contribution in [3.8, 4) is 0 Å². The van der Waals surface area contributed by atoms with E-state index in [1.165, 1.54) is 0 Å². The van der Waals surface area contributed by atoms with Gasteiger partial charge in [0, 0.05) is 17.7 Å². The Kier molecular flexibility index (Phi) is 4.15. The Bertz CT molecular complexity index is 339. The summed E-state index contributed by atoms with van der Waals surface area (Å²) < 4.78 is 38.8. The number of benzene rings is 1. The molecule has 0 bridgehead atoms. The molecule has 1 rings (SSSR count). The lowest BCUT2D eigenvalue weighted by molar-refractivity contribution is 0.474. The molecule has 0 aliphatic rings. The lowest BCUT2D eigenvalue weighted by Crippen LogP contribution is -2.20. The Balaban J connectivity index is 2.88. The van der Waals surface area contributed by atoms with Crippen molar-refractivity contribution in [3.63, 3.8) is 0 Å². The van der Waals surface area contributed by atoms with E-state index in [0.717, 1.165) is 12.5 Å². The molecule has 0 fully saturated rings. The van der Waals surface area contributed by atoms with E-state index in [1.54, 1.807) is 6.92 Å². The molecule has 84 valence electrons. The third-order valence-electron chi connectivity index (χ3n) is 2.21. The Hall–Kier alpha value is -1.03. The minimum atomic E-state index is -1.15. The molecule has 0 aliphatic carbocycles. The van der Waals surface area contributed by atoms with Crippen LogP contribution >= 0.6 is 0 Å². The highest BCUT2D eigenvalue weighted by Gasteiger charge is 2.14. The third kappa shape index (κ3) is 2.96. The number of halogens is 3. The first-order valence-corrected chi connectivity index (χ1v) is 4.94. The molecule has 1 atom stereocenters. The van der Waals surface area contributed by atoms with E-state index in [1.807, 2.05) is 6.92 Å². The topological polar surface area (TPSA) is 12.0 Å². The van der Waals surface area contributed by atoms with E-state index >= 15 is 0 Å².